The maximum Gasteiger partial charge on any atom is 0.172 e. The Labute approximate surface area is 93.1 Å². The fraction of sp³-hybridized carbons (Fsp3) is 0.273. The lowest BCUT2D eigenvalue weighted by Crippen LogP contribution is -2.02. The quantitative estimate of drug-likeness (QED) is 0.728. The van der Waals surface area contributed by atoms with E-state index >= 15 is 0 Å². The molecule has 0 aliphatic heterocycles. The van der Waals surface area contributed by atoms with Crippen LogP contribution >= 0.6 is 0 Å². The molecule has 2 rings (SSSR count). The molecule has 2 aromatic heterocycles. The number of aryl methyl sites for hydroxylation is 1. The third kappa shape index (κ3) is 1.84. The molecule has 0 atom stereocenters. The van der Waals surface area contributed by atoms with Crippen LogP contribution in [0.1, 0.15) is 23.8 Å². The lowest BCUT2D eigenvalue weighted by atomic mass is 10.2. The molecule has 5 nitrogen and oxygen atoms in total. The molecule has 0 radical (unpaired) electrons. The van der Waals surface area contributed by atoms with Crippen LogP contribution < -0.4 is 0 Å². The van der Waals surface area contributed by atoms with Crippen molar-refractivity contribution in [3.05, 3.63) is 30.2 Å². The Kier molecular flexibility index (Phi) is 3.05. The van der Waals surface area contributed by atoms with Crippen LogP contribution in [0.15, 0.2) is 24.5 Å². The van der Waals surface area contributed by atoms with E-state index in [2.05, 4.69) is 22.2 Å². The smallest absolute Gasteiger partial charge is 0.172 e. The summed E-state index contributed by atoms with van der Waals surface area (Å²) in [6.45, 7) is 2.79. The summed E-state index contributed by atoms with van der Waals surface area (Å²) in [4.78, 5) is 14.9. The van der Waals surface area contributed by atoms with Crippen molar-refractivity contribution in [1.29, 1.82) is 0 Å². The molecule has 16 heavy (non-hydrogen) atoms. The number of hydrogen-bond acceptors (Lipinski definition) is 4. The van der Waals surface area contributed by atoms with Crippen LogP contribution in [0, 0.1) is 0 Å². The highest BCUT2D eigenvalue weighted by atomic mass is 16.1. The van der Waals surface area contributed by atoms with E-state index < -0.39 is 0 Å². The molecule has 0 bridgehead atoms. The Morgan fingerprint density at radius 1 is 1.50 bits per heavy atom. The standard InChI is InChI=1S/C11H12N4O/c1-2-6-15-11(10(8-16)13-14-15)9-4-3-5-12-7-9/h3-5,7-8H,2,6H2,1H3. The van der Waals surface area contributed by atoms with Crippen LogP contribution in [0.2, 0.25) is 0 Å². The van der Waals surface area contributed by atoms with Gasteiger partial charge in [0.15, 0.2) is 12.0 Å². The lowest BCUT2D eigenvalue weighted by Gasteiger charge is -2.04. The Bertz CT molecular complexity index is 478. The first kappa shape index (κ1) is 10.5. The molecular formula is C11H12N4O. The third-order valence-corrected chi connectivity index (χ3v) is 2.24. The van der Waals surface area contributed by atoms with E-state index in [0.29, 0.717) is 5.69 Å². The molecule has 2 heterocycles. The minimum atomic E-state index is 0.362. The molecule has 0 aromatic carbocycles. The summed E-state index contributed by atoms with van der Waals surface area (Å²) in [7, 11) is 0. The van der Waals surface area contributed by atoms with Gasteiger partial charge in [0.1, 0.15) is 5.69 Å². The summed E-state index contributed by atoms with van der Waals surface area (Å²) >= 11 is 0. The van der Waals surface area contributed by atoms with Crippen molar-refractivity contribution in [2.45, 2.75) is 19.9 Å². The molecular weight excluding hydrogens is 204 g/mol. The van der Waals surface area contributed by atoms with Crippen molar-refractivity contribution >= 4 is 6.29 Å². The van der Waals surface area contributed by atoms with Crippen molar-refractivity contribution in [3.8, 4) is 11.3 Å². The van der Waals surface area contributed by atoms with E-state index in [0.717, 1.165) is 30.5 Å². The van der Waals surface area contributed by atoms with Crippen LogP contribution in [0.25, 0.3) is 11.3 Å². The Balaban J connectivity index is 2.52. The molecule has 82 valence electrons. The highest BCUT2D eigenvalue weighted by Crippen LogP contribution is 2.20. The second-order valence-corrected chi connectivity index (χ2v) is 3.41. The Morgan fingerprint density at radius 3 is 3.00 bits per heavy atom. The number of rotatable bonds is 4. The van der Waals surface area contributed by atoms with Crippen molar-refractivity contribution < 1.29 is 4.79 Å². The molecule has 0 aliphatic carbocycles. The average Bonchev–Trinajstić information content (AvgIpc) is 2.74. The van der Waals surface area contributed by atoms with Gasteiger partial charge in [0.25, 0.3) is 0 Å². The van der Waals surface area contributed by atoms with Crippen LogP contribution in [-0.4, -0.2) is 26.3 Å². The minimum Gasteiger partial charge on any atom is -0.296 e. The fourth-order valence-corrected chi connectivity index (χ4v) is 1.57. The van der Waals surface area contributed by atoms with Crippen LogP contribution in [-0.2, 0) is 6.54 Å². The van der Waals surface area contributed by atoms with Gasteiger partial charge in [-0.25, -0.2) is 4.68 Å². The molecule has 0 saturated heterocycles. The van der Waals surface area contributed by atoms with E-state index in [1.165, 1.54) is 0 Å². The number of hydrogen-bond donors (Lipinski definition) is 0. The van der Waals surface area contributed by atoms with Crippen LogP contribution in [0.3, 0.4) is 0 Å². The third-order valence-electron chi connectivity index (χ3n) is 2.24. The molecule has 2 aromatic rings. The van der Waals surface area contributed by atoms with E-state index in [9.17, 15) is 4.79 Å². The summed E-state index contributed by atoms with van der Waals surface area (Å²) < 4.78 is 1.74. The van der Waals surface area contributed by atoms with Crippen molar-refractivity contribution in [1.82, 2.24) is 20.0 Å². The van der Waals surface area contributed by atoms with Gasteiger partial charge in [-0.1, -0.05) is 12.1 Å². The monoisotopic (exact) mass is 216 g/mol. The predicted octanol–water partition coefficient (Wildman–Crippen LogP) is 1.56. The lowest BCUT2D eigenvalue weighted by molar-refractivity contribution is 0.111. The minimum absolute atomic E-state index is 0.362. The first-order valence-corrected chi connectivity index (χ1v) is 5.16. The Hall–Kier alpha value is -2.04. The molecule has 0 spiro atoms. The van der Waals surface area contributed by atoms with Gasteiger partial charge in [-0.2, -0.15) is 0 Å². The van der Waals surface area contributed by atoms with Crippen molar-refractivity contribution in [2.24, 2.45) is 0 Å². The second-order valence-electron chi connectivity index (χ2n) is 3.41. The highest BCUT2D eigenvalue weighted by Gasteiger charge is 2.13. The van der Waals surface area contributed by atoms with Gasteiger partial charge in [0, 0.05) is 24.5 Å². The van der Waals surface area contributed by atoms with Gasteiger partial charge in [-0.3, -0.25) is 9.78 Å². The summed E-state index contributed by atoms with van der Waals surface area (Å²) in [5, 5.41) is 7.81. The molecule has 0 aliphatic rings. The van der Waals surface area contributed by atoms with Crippen molar-refractivity contribution in [2.75, 3.05) is 0 Å². The second kappa shape index (κ2) is 4.65. The summed E-state index contributed by atoms with van der Waals surface area (Å²) in [6, 6.07) is 3.72. The zero-order valence-corrected chi connectivity index (χ0v) is 9.00. The number of aromatic nitrogens is 4. The van der Waals surface area contributed by atoms with E-state index in [4.69, 9.17) is 0 Å². The number of pyridine rings is 1. The first-order valence-electron chi connectivity index (χ1n) is 5.16. The Morgan fingerprint density at radius 2 is 2.38 bits per heavy atom. The fourth-order valence-electron chi connectivity index (χ4n) is 1.57. The number of aldehydes is 1. The topological polar surface area (TPSA) is 60.7 Å². The largest absolute Gasteiger partial charge is 0.296 e. The molecule has 0 N–H and O–H groups in total. The van der Waals surface area contributed by atoms with E-state index in [1.807, 2.05) is 12.1 Å². The summed E-state index contributed by atoms with van der Waals surface area (Å²) in [6.07, 6.45) is 5.06. The average molecular weight is 216 g/mol. The molecule has 0 saturated carbocycles. The van der Waals surface area contributed by atoms with E-state index in [-0.39, 0.29) is 0 Å². The van der Waals surface area contributed by atoms with E-state index in [1.54, 1.807) is 17.1 Å². The maximum absolute atomic E-state index is 10.9. The number of carbonyl (C=O) groups is 1. The van der Waals surface area contributed by atoms with Gasteiger partial charge >= 0.3 is 0 Å². The highest BCUT2D eigenvalue weighted by molar-refractivity contribution is 5.82. The summed E-state index contributed by atoms with van der Waals surface area (Å²) in [5.41, 5.74) is 1.97. The molecule has 5 heteroatoms. The SMILES string of the molecule is CCCn1nnc(C=O)c1-c1cccnc1. The zero-order chi connectivity index (χ0) is 11.4. The van der Waals surface area contributed by atoms with Crippen molar-refractivity contribution in [3.63, 3.8) is 0 Å². The zero-order valence-electron chi connectivity index (χ0n) is 9.00. The number of carbonyl (C=O) groups excluding carboxylic acids is 1. The van der Waals surface area contributed by atoms with Gasteiger partial charge in [-0.05, 0) is 18.6 Å². The van der Waals surface area contributed by atoms with Crippen LogP contribution in [0.5, 0.6) is 0 Å². The van der Waals surface area contributed by atoms with Crippen LogP contribution in [0.4, 0.5) is 0 Å². The predicted molar refractivity (Wildman–Crippen MR) is 58.9 cm³/mol. The van der Waals surface area contributed by atoms with Gasteiger partial charge in [0.05, 0.1) is 0 Å². The molecule has 0 fully saturated rings. The van der Waals surface area contributed by atoms with Gasteiger partial charge < -0.3 is 0 Å². The number of nitrogens with zero attached hydrogens (tertiary/aromatic N) is 4. The normalized spacial score (nSPS) is 10.3. The first-order chi connectivity index (χ1) is 7.86. The summed E-state index contributed by atoms with van der Waals surface area (Å²) in [5.74, 6) is 0. The van der Waals surface area contributed by atoms with Gasteiger partial charge in [-0.15, -0.1) is 5.10 Å². The maximum atomic E-state index is 10.9. The molecule has 0 unspecified atom stereocenters. The van der Waals surface area contributed by atoms with Gasteiger partial charge in [0.2, 0.25) is 0 Å². The molecule has 0 amide bonds.